The van der Waals surface area contributed by atoms with Gasteiger partial charge >= 0.3 is 0 Å². The van der Waals surface area contributed by atoms with E-state index in [1.54, 1.807) is 11.3 Å². The van der Waals surface area contributed by atoms with Crippen molar-refractivity contribution in [3.63, 3.8) is 0 Å². The lowest BCUT2D eigenvalue weighted by Crippen LogP contribution is -2.26. The van der Waals surface area contributed by atoms with E-state index in [-0.39, 0.29) is 0 Å². The highest BCUT2D eigenvalue weighted by atomic mass is 32.1. The molecule has 5 heteroatoms. The molecule has 0 spiro atoms. The van der Waals surface area contributed by atoms with Crippen molar-refractivity contribution in [2.24, 2.45) is 0 Å². The molecule has 0 bridgehead atoms. The molecule has 2 heterocycles. The third-order valence-electron chi connectivity index (χ3n) is 4.93. The van der Waals surface area contributed by atoms with Gasteiger partial charge in [0.25, 0.3) is 0 Å². The number of hydrogen-bond acceptors (Lipinski definition) is 5. The average molecular weight is 392 g/mol. The van der Waals surface area contributed by atoms with Gasteiger partial charge in [-0.15, -0.1) is 11.3 Å². The summed E-state index contributed by atoms with van der Waals surface area (Å²) in [4.78, 5) is 8.28. The number of aromatic nitrogens is 1. The molecule has 0 atom stereocenters. The minimum atomic E-state index is 0.580. The van der Waals surface area contributed by atoms with Crippen molar-refractivity contribution >= 4 is 22.5 Å². The van der Waals surface area contributed by atoms with Crippen LogP contribution < -0.4 is 10.5 Å². The number of nitrogen functional groups attached to an aromatic ring is 1. The van der Waals surface area contributed by atoms with E-state index in [1.807, 2.05) is 30.3 Å². The van der Waals surface area contributed by atoms with Gasteiger partial charge in [-0.3, -0.25) is 4.90 Å². The lowest BCUT2D eigenvalue weighted by atomic mass is 10.2. The van der Waals surface area contributed by atoms with Crippen molar-refractivity contribution in [1.29, 1.82) is 0 Å². The van der Waals surface area contributed by atoms with Gasteiger partial charge < -0.3 is 10.5 Å². The first-order valence-corrected chi connectivity index (χ1v) is 10.5. The predicted molar refractivity (Wildman–Crippen MR) is 117 cm³/mol. The van der Waals surface area contributed by atoms with E-state index >= 15 is 0 Å². The van der Waals surface area contributed by atoms with Crippen molar-refractivity contribution in [2.75, 3.05) is 25.4 Å². The zero-order valence-corrected chi connectivity index (χ0v) is 16.7. The van der Waals surface area contributed by atoms with Crippen molar-refractivity contribution in [3.05, 3.63) is 82.4 Å². The molecule has 28 heavy (non-hydrogen) atoms. The van der Waals surface area contributed by atoms with Gasteiger partial charge in [0, 0.05) is 36.5 Å². The number of ether oxygens (including phenoxy) is 1. The van der Waals surface area contributed by atoms with Crippen LogP contribution in [-0.4, -0.2) is 29.5 Å². The molecular weight excluding hydrogens is 366 g/mol. The maximum Gasteiger partial charge on any atom is 0.180 e. The number of thiazole rings is 1. The van der Waals surface area contributed by atoms with E-state index in [0.29, 0.717) is 11.7 Å². The Bertz CT molecular complexity index is 911. The summed E-state index contributed by atoms with van der Waals surface area (Å²) in [7, 11) is 0. The van der Waals surface area contributed by atoms with Crippen LogP contribution in [0.25, 0.3) is 6.08 Å². The predicted octanol–water partition coefficient (Wildman–Crippen LogP) is 4.42. The van der Waals surface area contributed by atoms with Gasteiger partial charge in [0.05, 0.1) is 5.69 Å². The number of benzene rings is 2. The van der Waals surface area contributed by atoms with Crippen LogP contribution in [-0.2, 0) is 19.4 Å². The Morgan fingerprint density at radius 2 is 1.82 bits per heavy atom. The maximum absolute atomic E-state index is 6.05. The van der Waals surface area contributed by atoms with Crippen LogP contribution in [0.4, 0.5) is 5.13 Å². The van der Waals surface area contributed by atoms with E-state index in [4.69, 9.17) is 10.5 Å². The highest BCUT2D eigenvalue weighted by Crippen LogP contribution is 2.24. The van der Waals surface area contributed by atoms with Crippen LogP contribution in [0, 0.1) is 0 Å². The molecule has 3 aromatic rings. The van der Waals surface area contributed by atoms with Gasteiger partial charge in [0.15, 0.2) is 5.13 Å². The summed E-state index contributed by atoms with van der Waals surface area (Å²) in [5, 5.41) is 0.699. The lowest BCUT2D eigenvalue weighted by Gasteiger charge is -2.17. The molecule has 1 aliphatic rings. The molecule has 0 radical (unpaired) electrons. The zero-order valence-electron chi connectivity index (χ0n) is 15.9. The maximum atomic E-state index is 6.05. The Labute approximate surface area is 170 Å². The summed E-state index contributed by atoms with van der Waals surface area (Å²) in [5.74, 6) is 0.917. The third kappa shape index (κ3) is 4.80. The molecule has 4 nitrogen and oxygen atoms in total. The molecule has 0 fully saturated rings. The molecule has 1 aromatic heterocycles. The molecule has 0 saturated heterocycles. The molecule has 144 valence electrons. The molecule has 1 aliphatic heterocycles. The standard InChI is InChI=1S/C23H25N3OS/c24-23-25-20-12-15-26(16-13-22(20)28-23)14-6-10-19-9-4-5-11-21(19)27-17-18-7-2-1-3-8-18/h1-11H,12-17H2,(H2,24,25). The topological polar surface area (TPSA) is 51.4 Å². The lowest BCUT2D eigenvalue weighted by molar-refractivity contribution is 0.305. The minimum Gasteiger partial charge on any atom is -0.488 e. The second-order valence-electron chi connectivity index (χ2n) is 6.94. The van der Waals surface area contributed by atoms with Crippen LogP contribution in [0.3, 0.4) is 0 Å². The van der Waals surface area contributed by atoms with Crippen LogP contribution >= 0.6 is 11.3 Å². The van der Waals surface area contributed by atoms with Gasteiger partial charge in [0.1, 0.15) is 12.4 Å². The van der Waals surface area contributed by atoms with E-state index in [2.05, 4.69) is 46.3 Å². The van der Waals surface area contributed by atoms with Gasteiger partial charge in [-0.25, -0.2) is 4.98 Å². The van der Waals surface area contributed by atoms with Crippen LogP contribution in [0.1, 0.15) is 21.7 Å². The fourth-order valence-electron chi connectivity index (χ4n) is 3.43. The van der Waals surface area contributed by atoms with Gasteiger partial charge in [-0.2, -0.15) is 0 Å². The quantitative estimate of drug-likeness (QED) is 0.676. The van der Waals surface area contributed by atoms with Gasteiger partial charge in [-0.05, 0) is 18.1 Å². The Hall–Kier alpha value is -2.63. The first kappa shape index (κ1) is 18.7. The summed E-state index contributed by atoms with van der Waals surface area (Å²) in [6.45, 7) is 3.57. The second kappa shape index (κ2) is 9.04. The number of nitrogens with zero attached hydrogens (tertiary/aromatic N) is 2. The Kier molecular flexibility index (Phi) is 6.04. The van der Waals surface area contributed by atoms with E-state index in [9.17, 15) is 0 Å². The van der Waals surface area contributed by atoms with Crippen LogP contribution in [0.5, 0.6) is 5.75 Å². The monoisotopic (exact) mass is 391 g/mol. The van der Waals surface area contributed by atoms with Crippen molar-refractivity contribution < 1.29 is 4.74 Å². The molecule has 2 N–H and O–H groups in total. The van der Waals surface area contributed by atoms with Gasteiger partial charge in [0.2, 0.25) is 0 Å². The molecule has 0 aliphatic carbocycles. The van der Waals surface area contributed by atoms with E-state index < -0.39 is 0 Å². The summed E-state index contributed by atoms with van der Waals surface area (Å²) in [6.07, 6.45) is 6.41. The van der Waals surface area contributed by atoms with Crippen LogP contribution in [0.2, 0.25) is 0 Å². The fourth-order valence-corrected chi connectivity index (χ4v) is 4.29. The Morgan fingerprint density at radius 1 is 1.04 bits per heavy atom. The van der Waals surface area contributed by atoms with E-state index in [1.165, 1.54) is 16.1 Å². The summed E-state index contributed by atoms with van der Waals surface area (Å²) < 4.78 is 6.05. The summed E-state index contributed by atoms with van der Waals surface area (Å²) >= 11 is 1.64. The van der Waals surface area contributed by atoms with Gasteiger partial charge in [-0.1, -0.05) is 60.7 Å². The summed E-state index contributed by atoms with van der Waals surface area (Å²) in [6, 6.07) is 18.5. The van der Waals surface area contributed by atoms with Crippen molar-refractivity contribution in [2.45, 2.75) is 19.4 Å². The molecule has 0 amide bonds. The fraction of sp³-hybridized carbons (Fsp3) is 0.261. The normalized spacial score (nSPS) is 14.7. The largest absolute Gasteiger partial charge is 0.488 e. The number of hydrogen-bond donors (Lipinski definition) is 1. The smallest absolute Gasteiger partial charge is 0.180 e. The first-order chi connectivity index (χ1) is 13.8. The summed E-state index contributed by atoms with van der Waals surface area (Å²) in [5.41, 5.74) is 9.31. The molecule has 4 rings (SSSR count). The number of fused-ring (bicyclic) bond motifs is 1. The molecule has 0 unspecified atom stereocenters. The molecule has 0 saturated carbocycles. The highest BCUT2D eigenvalue weighted by molar-refractivity contribution is 7.15. The minimum absolute atomic E-state index is 0.580. The SMILES string of the molecule is Nc1nc2c(s1)CCN(CC=Cc1ccccc1OCc1ccccc1)CC2. The second-order valence-corrected chi connectivity index (χ2v) is 8.05. The first-order valence-electron chi connectivity index (χ1n) is 9.66. The Balaban J connectivity index is 1.34. The average Bonchev–Trinajstić information content (AvgIpc) is 2.98. The zero-order chi connectivity index (χ0) is 19.2. The number of nitrogens with two attached hydrogens (primary N) is 1. The highest BCUT2D eigenvalue weighted by Gasteiger charge is 2.16. The number of rotatable bonds is 6. The number of para-hydroxylation sites is 1. The molecule has 2 aromatic carbocycles. The number of anilines is 1. The Morgan fingerprint density at radius 3 is 2.71 bits per heavy atom. The molecular formula is C23H25N3OS. The van der Waals surface area contributed by atoms with E-state index in [0.717, 1.165) is 43.8 Å². The van der Waals surface area contributed by atoms with Crippen molar-refractivity contribution in [1.82, 2.24) is 9.88 Å². The third-order valence-corrected chi connectivity index (χ3v) is 5.92. The van der Waals surface area contributed by atoms with Crippen LogP contribution in [0.15, 0.2) is 60.7 Å². The van der Waals surface area contributed by atoms with Crippen molar-refractivity contribution in [3.8, 4) is 5.75 Å².